The first-order chi connectivity index (χ1) is 11.5. The standard InChI is InChI=1S/C19H19ClN2O2/c1-12(16-7-2-3-8-17(16)20)21-19(24)14-5-4-6-15(11-14)22-18(23)13-9-10-13/h2-8,11-13H,9-10H2,1H3,(H,21,24)(H,22,23). The lowest BCUT2D eigenvalue weighted by Gasteiger charge is -2.16. The van der Waals surface area contributed by atoms with E-state index >= 15 is 0 Å². The molecule has 0 radical (unpaired) electrons. The van der Waals surface area contributed by atoms with Gasteiger partial charge in [-0.05, 0) is 49.6 Å². The fourth-order valence-corrected chi connectivity index (χ4v) is 2.81. The Hall–Kier alpha value is -2.33. The Labute approximate surface area is 146 Å². The Morgan fingerprint density at radius 3 is 2.58 bits per heavy atom. The fraction of sp³-hybridized carbons (Fsp3) is 0.263. The van der Waals surface area contributed by atoms with E-state index in [1.807, 2.05) is 25.1 Å². The van der Waals surface area contributed by atoms with E-state index in [-0.39, 0.29) is 23.8 Å². The Bertz CT molecular complexity index is 771. The molecule has 1 saturated carbocycles. The molecular weight excluding hydrogens is 324 g/mol. The van der Waals surface area contributed by atoms with Gasteiger partial charge in [0.2, 0.25) is 5.91 Å². The van der Waals surface area contributed by atoms with E-state index in [2.05, 4.69) is 10.6 Å². The summed E-state index contributed by atoms with van der Waals surface area (Å²) in [7, 11) is 0. The molecule has 1 aliphatic rings. The molecule has 0 spiro atoms. The zero-order chi connectivity index (χ0) is 17.1. The predicted octanol–water partition coefficient (Wildman–Crippen LogP) is 4.18. The lowest BCUT2D eigenvalue weighted by Crippen LogP contribution is -2.27. The van der Waals surface area contributed by atoms with E-state index in [4.69, 9.17) is 11.6 Å². The first kappa shape index (κ1) is 16.5. The SMILES string of the molecule is CC(NC(=O)c1cccc(NC(=O)C2CC2)c1)c1ccccc1Cl. The normalized spacial score (nSPS) is 14.8. The van der Waals surface area contributed by atoms with Gasteiger partial charge in [-0.25, -0.2) is 0 Å². The van der Waals surface area contributed by atoms with Crippen molar-refractivity contribution in [2.45, 2.75) is 25.8 Å². The van der Waals surface area contributed by atoms with Gasteiger partial charge in [-0.2, -0.15) is 0 Å². The van der Waals surface area contributed by atoms with E-state index in [9.17, 15) is 9.59 Å². The topological polar surface area (TPSA) is 58.2 Å². The number of carbonyl (C=O) groups is 2. The van der Waals surface area contributed by atoms with Crippen molar-refractivity contribution in [3.8, 4) is 0 Å². The summed E-state index contributed by atoms with van der Waals surface area (Å²) in [5, 5.41) is 6.41. The molecule has 2 aromatic rings. The van der Waals surface area contributed by atoms with Crippen LogP contribution in [0, 0.1) is 5.92 Å². The summed E-state index contributed by atoms with van der Waals surface area (Å²) in [4.78, 5) is 24.3. The first-order valence-corrected chi connectivity index (χ1v) is 8.38. The van der Waals surface area contributed by atoms with Crippen LogP contribution in [-0.4, -0.2) is 11.8 Å². The van der Waals surface area contributed by atoms with Crippen molar-refractivity contribution < 1.29 is 9.59 Å². The van der Waals surface area contributed by atoms with Crippen LogP contribution in [0.25, 0.3) is 0 Å². The highest BCUT2D eigenvalue weighted by Gasteiger charge is 2.29. The fourth-order valence-electron chi connectivity index (χ4n) is 2.51. The third-order valence-electron chi connectivity index (χ3n) is 4.06. The Kier molecular flexibility index (Phi) is 4.86. The van der Waals surface area contributed by atoms with E-state index < -0.39 is 0 Å². The molecule has 1 unspecified atom stereocenters. The van der Waals surface area contributed by atoms with Crippen LogP contribution in [0.15, 0.2) is 48.5 Å². The molecule has 1 aliphatic carbocycles. The van der Waals surface area contributed by atoms with Crippen LogP contribution in [0.4, 0.5) is 5.69 Å². The lowest BCUT2D eigenvalue weighted by atomic mass is 10.1. The largest absolute Gasteiger partial charge is 0.345 e. The molecule has 1 atom stereocenters. The van der Waals surface area contributed by atoms with Crippen molar-refractivity contribution in [1.82, 2.24) is 5.32 Å². The first-order valence-electron chi connectivity index (χ1n) is 8.01. The number of benzene rings is 2. The number of anilines is 1. The molecule has 2 N–H and O–H groups in total. The van der Waals surface area contributed by atoms with Crippen molar-refractivity contribution in [2.75, 3.05) is 5.32 Å². The average Bonchev–Trinajstić information content (AvgIpc) is 3.40. The van der Waals surface area contributed by atoms with Gasteiger partial charge in [0.15, 0.2) is 0 Å². The smallest absolute Gasteiger partial charge is 0.251 e. The summed E-state index contributed by atoms with van der Waals surface area (Å²) < 4.78 is 0. The quantitative estimate of drug-likeness (QED) is 0.856. The molecule has 0 saturated heterocycles. The number of hydrogen-bond acceptors (Lipinski definition) is 2. The second-order valence-electron chi connectivity index (χ2n) is 6.06. The minimum Gasteiger partial charge on any atom is -0.345 e. The molecule has 0 heterocycles. The Morgan fingerprint density at radius 1 is 1.12 bits per heavy atom. The van der Waals surface area contributed by atoms with Crippen LogP contribution < -0.4 is 10.6 Å². The van der Waals surface area contributed by atoms with Gasteiger partial charge >= 0.3 is 0 Å². The van der Waals surface area contributed by atoms with E-state index in [0.29, 0.717) is 16.3 Å². The number of rotatable bonds is 5. The molecule has 5 heteroatoms. The second kappa shape index (κ2) is 7.05. The van der Waals surface area contributed by atoms with Crippen molar-refractivity contribution in [3.63, 3.8) is 0 Å². The minimum atomic E-state index is -0.212. The Morgan fingerprint density at radius 2 is 1.88 bits per heavy atom. The summed E-state index contributed by atoms with van der Waals surface area (Å²) >= 11 is 6.17. The molecule has 124 valence electrons. The zero-order valence-electron chi connectivity index (χ0n) is 13.4. The number of carbonyl (C=O) groups excluding carboxylic acids is 2. The lowest BCUT2D eigenvalue weighted by molar-refractivity contribution is -0.117. The van der Waals surface area contributed by atoms with Crippen molar-refractivity contribution in [1.29, 1.82) is 0 Å². The molecule has 24 heavy (non-hydrogen) atoms. The van der Waals surface area contributed by atoms with Crippen molar-refractivity contribution >= 4 is 29.1 Å². The van der Waals surface area contributed by atoms with Gasteiger partial charge < -0.3 is 10.6 Å². The summed E-state index contributed by atoms with van der Waals surface area (Å²) in [6.45, 7) is 1.89. The number of nitrogens with one attached hydrogen (secondary N) is 2. The molecule has 2 amide bonds. The number of halogens is 1. The van der Waals surface area contributed by atoms with Gasteiger partial charge in [0.25, 0.3) is 5.91 Å². The molecule has 1 fully saturated rings. The number of amides is 2. The second-order valence-corrected chi connectivity index (χ2v) is 6.47. The molecular formula is C19H19ClN2O2. The van der Waals surface area contributed by atoms with Gasteiger partial charge in [0, 0.05) is 22.2 Å². The van der Waals surface area contributed by atoms with Gasteiger partial charge in [0.1, 0.15) is 0 Å². The van der Waals surface area contributed by atoms with Gasteiger partial charge in [-0.3, -0.25) is 9.59 Å². The summed E-state index contributed by atoms with van der Waals surface area (Å²) in [6.07, 6.45) is 1.89. The maximum Gasteiger partial charge on any atom is 0.251 e. The summed E-state index contributed by atoms with van der Waals surface area (Å²) in [5.41, 5.74) is 2.01. The third kappa shape index (κ3) is 3.95. The average molecular weight is 343 g/mol. The van der Waals surface area contributed by atoms with Gasteiger partial charge in [-0.1, -0.05) is 35.9 Å². The van der Waals surface area contributed by atoms with Crippen LogP contribution in [0.1, 0.15) is 41.7 Å². The van der Waals surface area contributed by atoms with Crippen LogP contribution in [0.3, 0.4) is 0 Å². The highest BCUT2D eigenvalue weighted by atomic mass is 35.5. The van der Waals surface area contributed by atoms with Crippen LogP contribution >= 0.6 is 11.6 Å². The van der Waals surface area contributed by atoms with Crippen LogP contribution in [0.5, 0.6) is 0 Å². The van der Waals surface area contributed by atoms with Crippen LogP contribution in [0.2, 0.25) is 5.02 Å². The predicted molar refractivity (Wildman–Crippen MR) is 95.1 cm³/mol. The number of hydrogen-bond donors (Lipinski definition) is 2. The summed E-state index contributed by atoms with van der Waals surface area (Å²) in [6, 6.07) is 14.2. The molecule has 0 bridgehead atoms. The highest BCUT2D eigenvalue weighted by Crippen LogP contribution is 2.30. The highest BCUT2D eigenvalue weighted by molar-refractivity contribution is 6.31. The maximum absolute atomic E-state index is 12.5. The monoisotopic (exact) mass is 342 g/mol. The van der Waals surface area contributed by atoms with E-state index in [1.165, 1.54) is 0 Å². The van der Waals surface area contributed by atoms with Crippen molar-refractivity contribution in [2.24, 2.45) is 5.92 Å². The van der Waals surface area contributed by atoms with E-state index in [1.54, 1.807) is 30.3 Å². The third-order valence-corrected chi connectivity index (χ3v) is 4.40. The molecule has 2 aromatic carbocycles. The van der Waals surface area contributed by atoms with Gasteiger partial charge in [-0.15, -0.1) is 0 Å². The van der Waals surface area contributed by atoms with Crippen LogP contribution in [-0.2, 0) is 4.79 Å². The van der Waals surface area contributed by atoms with Gasteiger partial charge in [0.05, 0.1) is 6.04 Å². The molecule has 3 rings (SSSR count). The van der Waals surface area contributed by atoms with E-state index in [0.717, 1.165) is 18.4 Å². The molecule has 0 aromatic heterocycles. The zero-order valence-corrected chi connectivity index (χ0v) is 14.1. The molecule has 4 nitrogen and oxygen atoms in total. The minimum absolute atomic E-state index is 0.0250. The maximum atomic E-state index is 12.5. The Balaban J connectivity index is 1.68. The summed E-state index contributed by atoms with van der Waals surface area (Å²) in [5.74, 6) is -0.0512. The van der Waals surface area contributed by atoms with Crippen molar-refractivity contribution in [3.05, 3.63) is 64.7 Å². The molecule has 0 aliphatic heterocycles.